The van der Waals surface area contributed by atoms with E-state index in [1.165, 1.54) is 25.7 Å². The lowest BCUT2D eigenvalue weighted by Crippen LogP contribution is -2.36. The topological polar surface area (TPSA) is 20.3 Å². The van der Waals surface area contributed by atoms with E-state index in [9.17, 15) is 4.79 Å². The predicted molar refractivity (Wildman–Crippen MR) is 82.7 cm³/mol. The average molecular weight is 345 g/mol. The summed E-state index contributed by atoms with van der Waals surface area (Å²) in [5.74, 6) is 0.0319. The monoisotopic (exact) mass is 343 g/mol. The molecule has 1 aliphatic rings. The molecule has 1 aromatic rings. The van der Waals surface area contributed by atoms with Crippen molar-refractivity contribution >= 4 is 33.4 Å². The molecule has 0 atom stereocenters. The van der Waals surface area contributed by atoms with E-state index in [0.717, 1.165) is 17.3 Å². The summed E-state index contributed by atoms with van der Waals surface area (Å²) in [6, 6.07) is 5.78. The molecule has 0 N–H and O–H groups in total. The molecular weight excluding hydrogens is 326 g/mol. The van der Waals surface area contributed by atoms with Gasteiger partial charge in [0.25, 0.3) is 5.91 Å². The zero-order valence-electron chi connectivity index (χ0n) is 11.2. The third kappa shape index (κ3) is 3.73. The highest BCUT2D eigenvalue weighted by atomic mass is 79.9. The molecule has 1 aliphatic carbocycles. The van der Waals surface area contributed by atoms with Gasteiger partial charge < -0.3 is 4.90 Å². The number of halogens is 2. The van der Waals surface area contributed by atoms with Crippen LogP contribution in [0.4, 0.5) is 0 Å². The second-order valence-electron chi connectivity index (χ2n) is 5.19. The number of hydrogen-bond acceptors (Lipinski definition) is 1. The summed E-state index contributed by atoms with van der Waals surface area (Å²) >= 11 is 9.52. The largest absolute Gasteiger partial charge is 0.339 e. The SMILES string of the molecule is CN(C(=O)c1ccc(Br)cc1Cl)C1CCCCCC1. The lowest BCUT2D eigenvalue weighted by molar-refractivity contribution is 0.0718. The Hall–Kier alpha value is -0.540. The second kappa shape index (κ2) is 6.76. The van der Waals surface area contributed by atoms with Crippen molar-refractivity contribution in [3.05, 3.63) is 33.3 Å². The third-order valence-electron chi connectivity index (χ3n) is 3.85. The highest BCUT2D eigenvalue weighted by molar-refractivity contribution is 9.10. The number of rotatable bonds is 2. The van der Waals surface area contributed by atoms with Crippen LogP contribution in [0.25, 0.3) is 0 Å². The fraction of sp³-hybridized carbons (Fsp3) is 0.533. The maximum atomic E-state index is 12.5. The Morgan fingerprint density at radius 1 is 1.26 bits per heavy atom. The number of carbonyl (C=O) groups excluding carboxylic acids is 1. The van der Waals surface area contributed by atoms with E-state index in [1.54, 1.807) is 12.1 Å². The summed E-state index contributed by atoms with van der Waals surface area (Å²) in [5, 5.41) is 0.514. The van der Waals surface area contributed by atoms with Crippen molar-refractivity contribution in [1.29, 1.82) is 0 Å². The van der Waals surface area contributed by atoms with Gasteiger partial charge in [0.2, 0.25) is 0 Å². The van der Waals surface area contributed by atoms with Crippen LogP contribution in [0.2, 0.25) is 5.02 Å². The Kier molecular flexibility index (Phi) is 5.28. The molecule has 0 heterocycles. The van der Waals surface area contributed by atoms with Gasteiger partial charge in [0.15, 0.2) is 0 Å². The van der Waals surface area contributed by atoms with Gasteiger partial charge >= 0.3 is 0 Å². The van der Waals surface area contributed by atoms with Crippen molar-refractivity contribution in [2.75, 3.05) is 7.05 Å². The molecule has 104 valence electrons. The predicted octanol–water partition coefficient (Wildman–Crippen LogP) is 4.90. The second-order valence-corrected chi connectivity index (χ2v) is 6.51. The molecule has 2 rings (SSSR count). The summed E-state index contributed by atoms with van der Waals surface area (Å²) in [5.41, 5.74) is 0.594. The van der Waals surface area contributed by atoms with Gasteiger partial charge in [0.1, 0.15) is 0 Å². The quantitative estimate of drug-likeness (QED) is 0.699. The van der Waals surface area contributed by atoms with Crippen molar-refractivity contribution in [3.63, 3.8) is 0 Å². The molecule has 19 heavy (non-hydrogen) atoms. The van der Waals surface area contributed by atoms with Gasteiger partial charge in [-0.25, -0.2) is 0 Å². The molecule has 1 aromatic carbocycles. The van der Waals surface area contributed by atoms with Crippen molar-refractivity contribution < 1.29 is 4.79 Å². The summed E-state index contributed by atoms with van der Waals surface area (Å²) in [6.07, 6.45) is 7.23. The Labute approximate surface area is 128 Å². The lowest BCUT2D eigenvalue weighted by Gasteiger charge is -2.27. The van der Waals surface area contributed by atoms with E-state index in [2.05, 4.69) is 15.9 Å². The molecule has 0 aromatic heterocycles. The molecule has 1 saturated carbocycles. The fourth-order valence-corrected chi connectivity index (χ4v) is 3.42. The first-order chi connectivity index (χ1) is 9.09. The molecule has 0 spiro atoms. The lowest BCUT2D eigenvalue weighted by atomic mass is 10.1. The van der Waals surface area contributed by atoms with Crippen LogP contribution >= 0.6 is 27.5 Å². The van der Waals surface area contributed by atoms with Crippen LogP contribution in [0.15, 0.2) is 22.7 Å². The molecule has 0 bridgehead atoms. The first-order valence-electron chi connectivity index (χ1n) is 6.82. The Morgan fingerprint density at radius 3 is 2.47 bits per heavy atom. The van der Waals surface area contributed by atoms with Crippen LogP contribution in [0.5, 0.6) is 0 Å². The number of nitrogens with zero attached hydrogens (tertiary/aromatic N) is 1. The fourth-order valence-electron chi connectivity index (χ4n) is 2.66. The standard InChI is InChI=1S/C15H19BrClNO/c1-18(12-6-4-2-3-5-7-12)15(19)13-9-8-11(16)10-14(13)17/h8-10,12H,2-7H2,1H3. The van der Waals surface area contributed by atoms with E-state index < -0.39 is 0 Å². The zero-order valence-corrected chi connectivity index (χ0v) is 13.5. The smallest absolute Gasteiger partial charge is 0.255 e. The highest BCUT2D eigenvalue weighted by Crippen LogP contribution is 2.26. The van der Waals surface area contributed by atoms with Gasteiger partial charge in [0.05, 0.1) is 10.6 Å². The zero-order chi connectivity index (χ0) is 13.8. The maximum absolute atomic E-state index is 12.5. The van der Waals surface area contributed by atoms with E-state index in [0.29, 0.717) is 16.6 Å². The minimum atomic E-state index is 0.0319. The summed E-state index contributed by atoms with van der Waals surface area (Å²) in [7, 11) is 1.90. The van der Waals surface area contributed by atoms with Crippen molar-refractivity contribution in [2.24, 2.45) is 0 Å². The Morgan fingerprint density at radius 2 is 1.89 bits per heavy atom. The van der Waals surface area contributed by atoms with E-state index in [1.807, 2.05) is 18.0 Å². The minimum absolute atomic E-state index is 0.0319. The van der Waals surface area contributed by atoms with Crippen LogP contribution in [0, 0.1) is 0 Å². The molecule has 0 aliphatic heterocycles. The van der Waals surface area contributed by atoms with Crippen LogP contribution in [-0.2, 0) is 0 Å². The van der Waals surface area contributed by atoms with Crippen LogP contribution in [0.3, 0.4) is 0 Å². The normalized spacial score (nSPS) is 17.0. The van der Waals surface area contributed by atoms with Crippen LogP contribution in [0.1, 0.15) is 48.9 Å². The minimum Gasteiger partial charge on any atom is -0.339 e. The Balaban J connectivity index is 2.13. The van der Waals surface area contributed by atoms with Crippen LogP contribution < -0.4 is 0 Å². The van der Waals surface area contributed by atoms with Gasteiger partial charge in [-0.05, 0) is 31.0 Å². The molecule has 0 radical (unpaired) electrons. The van der Waals surface area contributed by atoms with Crippen molar-refractivity contribution in [3.8, 4) is 0 Å². The first kappa shape index (κ1) is 14.9. The van der Waals surface area contributed by atoms with Crippen molar-refractivity contribution in [2.45, 2.75) is 44.6 Å². The van der Waals surface area contributed by atoms with Crippen LogP contribution in [-0.4, -0.2) is 23.9 Å². The van der Waals surface area contributed by atoms with Gasteiger partial charge in [0, 0.05) is 17.6 Å². The number of amides is 1. The summed E-state index contributed by atoms with van der Waals surface area (Å²) in [4.78, 5) is 14.4. The molecular formula is C15H19BrClNO. The van der Waals surface area contributed by atoms with E-state index >= 15 is 0 Å². The first-order valence-corrected chi connectivity index (χ1v) is 7.99. The van der Waals surface area contributed by atoms with Gasteiger partial charge in [-0.3, -0.25) is 4.79 Å². The molecule has 4 heteroatoms. The summed E-state index contributed by atoms with van der Waals surface area (Å²) < 4.78 is 0.895. The summed E-state index contributed by atoms with van der Waals surface area (Å²) in [6.45, 7) is 0. The van der Waals surface area contributed by atoms with Crippen molar-refractivity contribution in [1.82, 2.24) is 4.90 Å². The highest BCUT2D eigenvalue weighted by Gasteiger charge is 2.23. The number of carbonyl (C=O) groups is 1. The molecule has 1 fully saturated rings. The van der Waals surface area contributed by atoms with Gasteiger partial charge in [-0.15, -0.1) is 0 Å². The van der Waals surface area contributed by atoms with Gasteiger partial charge in [-0.2, -0.15) is 0 Å². The molecule has 2 nitrogen and oxygen atoms in total. The number of benzene rings is 1. The molecule has 0 saturated heterocycles. The van der Waals surface area contributed by atoms with E-state index in [-0.39, 0.29) is 5.91 Å². The average Bonchev–Trinajstić information content (AvgIpc) is 2.66. The molecule has 0 unspecified atom stereocenters. The third-order valence-corrected chi connectivity index (χ3v) is 4.66. The maximum Gasteiger partial charge on any atom is 0.255 e. The van der Waals surface area contributed by atoms with Gasteiger partial charge in [-0.1, -0.05) is 53.2 Å². The molecule has 1 amide bonds. The van der Waals surface area contributed by atoms with E-state index in [4.69, 9.17) is 11.6 Å². The Bertz CT molecular complexity index is 455. The number of hydrogen-bond donors (Lipinski definition) is 0.